The number of carboxylic acid groups (broad SMARTS) is 1. The first-order valence-electron chi connectivity index (χ1n) is 5.36. The number of rotatable bonds is 3. The SMILES string of the molecule is Cn1cc(/C(O)=C/C(=O)C(=O)O)c2cc(O)ccc21. The Morgan fingerprint density at radius 1 is 1.26 bits per heavy atom. The quantitative estimate of drug-likeness (QED) is 0.441. The minimum atomic E-state index is -1.64. The topological polar surface area (TPSA) is 99.8 Å². The number of aromatic hydroxyl groups is 1. The van der Waals surface area contributed by atoms with Crippen LogP contribution in [0.5, 0.6) is 5.75 Å². The van der Waals surface area contributed by atoms with Crippen molar-refractivity contribution in [2.45, 2.75) is 0 Å². The Kier molecular flexibility index (Phi) is 3.00. The van der Waals surface area contributed by atoms with Gasteiger partial charge in [0.15, 0.2) is 0 Å². The largest absolute Gasteiger partial charge is 0.508 e. The van der Waals surface area contributed by atoms with Gasteiger partial charge in [0.2, 0.25) is 0 Å². The smallest absolute Gasteiger partial charge is 0.376 e. The molecular weight excluding hydrogens is 250 g/mol. The molecule has 19 heavy (non-hydrogen) atoms. The molecule has 0 fully saturated rings. The maximum atomic E-state index is 11.0. The van der Waals surface area contributed by atoms with Crippen LogP contribution in [0.1, 0.15) is 5.56 Å². The molecule has 1 aromatic carbocycles. The summed E-state index contributed by atoms with van der Waals surface area (Å²) in [5.74, 6) is -3.30. The summed E-state index contributed by atoms with van der Waals surface area (Å²) < 4.78 is 1.69. The number of nitrogens with zero attached hydrogens (tertiary/aromatic N) is 1. The van der Waals surface area contributed by atoms with Crippen molar-refractivity contribution in [3.05, 3.63) is 36.0 Å². The average molecular weight is 261 g/mol. The second-order valence-electron chi connectivity index (χ2n) is 4.05. The zero-order valence-electron chi connectivity index (χ0n) is 9.99. The number of aryl methyl sites for hydroxylation is 1. The standard InChI is InChI=1S/C13H11NO5/c1-14-6-9(11(16)5-12(17)13(18)19)8-4-7(15)2-3-10(8)14/h2-6,15-16H,1H3,(H,18,19)/b11-5-. The van der Waals surface area contributed by atoms with Crippen molar-refractivity contribution in [1.82, 2.24) is 4.57 Å². The molecule has 0 saturated heterocycles. The van der Waals surface area contributed by atoms with Gasteiger partial charge in [0.1, 0.15) is 11.5 Å². The number of ketones is 1. The van der Waals surface area contributed by atoms with E-state index < -0.39 is 17.5 Å². The zero-order valence-corrected chi connectivity index (χ0v) is 9.99. The lowest BCUT2D eigenvalue weighted by atomic mass is 10.1. The first-order chi connectivity index (χ1) is 8.90. The second kappa shape index (κ2) is 4.49. The number of hydrogen-bond donors (Lipinski definition) is 3. The molecule has 1 aromatic heterocycles. The summed E-state index contributed by atoms with van der Waals surface area (Å²) >= 11 is 0. The average Bonchev–Trinajstić information content (AvgIpc) is 2.66. The van der Waals surface area contributed by atoms with E-state index in [1.54, 1.807) is 23.9 Å². The van der Waals surface area contributed by atoms with Gasteiger partial charge in [0.05, 0.1) is 0 Å². The molecule has 2 rings (SSSR count). The molecular formula is C13H11NO5. The normalized spacial score (nSPS) is 11.7. The van der Waals surface area contributed by atoms with Gasteiger partial charge < -0.3 is 19.9 Å². The third-order valence-electron chi connectivity index (χ3n) is 2.73. The minimum absolute atomic E-state index is 0.0114. The maximum Gasteiger partial charge on any atom is 0.376 e. The van der Waals surface area contributed by atoms with Crippen molar-refractivity contribution >= 4 is 28.4 Å². The monoisotopic (exact) mass is 261 g/mol. The van der Waals surface area contributed by atoms with E-state index in [4.69, 9.17) is 5.11 Å². The number of aromatic nitrogens is 1. The molecule has 98 valence electrons. The van der Waals surface area contributed by atoms with Gasteiger partial charge in [-0.3, -0.25) is 4.79 Å². The number of aliphatic hydroxyl groups excluding tert-OH is 1. The van der Waals surface area contributed by atoms with Crippen LogP contribution in [0, 0.1) is 0 Å². The number of aliphatic hydroxyl groups is 1. The van der Waals surface area contributed by atoms with Gasteiger partial charge in [-0.15, -0.1) is 0 Å². The number of phenols is 1. The molecule has 0 spiro atoms. The number of benzene rings is 1. The summed E-state index contributed by atoms with van der Waals surface area (Å²) in [6.07, 6.45) is 2.19. The number of carbonyl (C=O) groups is 2. The van der Waals surface area contributed by atoms with Crippen molar-refractivity contribution in [2.24, 2.45) is 7.05 Å². The summed E-state index contributed by atoms with van der Waals surface area (Å²) in [6, 6.07) is 4.58. The van der Waals surface area contributed by atoms with E-state index in [0.29, 0.717) is 11.5 Å². The number of carbonyl (C=O) groups excluding carboxylic acids is 1. The Morgan fingerprint density at radius 3 is 2.58 bits per heavy atom. The fraction of sp³-hybridized carbons (Fsp3) is 0.0769. The number of aliphatic carboxylic acids is 1. The third-order valence-corrected chi connectivity index (χ3v) is 2.73. The second-order valence-corrected chi connectivity index (χ2v) is 4.05. The summed E-state index contributed by atoms with van der Waals surface area (Å²) in [6.45, 7) is 0. The molecule has 0 amide bonds. The Bertz CT molecular complexity index is 711. The molecule has 0 atom stereocenters. The number of carboxylic acids is 1. The molecule has 6 heteroatoms. The Morgan fingerprint density at radius 2 is 1.95 bits per heavy atom. The van der Waals surface area contributed by atoms with Crippen LogP contribution in [0.2, 0.25) is 0 Å². The van der Waals surface area contributed by atoms with Crippen LogP contribution >= 0.6 is 0 Å². The fourth-order valence-electron chi connectivity index (χ4n) is 1.85. The fourth-order valence-corrected chi connectivity index (χ4v) is 1.85. The molecule has 0 radical (unpaired) electrons. The van der Waals surface area contributed by atoms with Crippen LogP contribution < -0.4 is 0 Å². The molecule has 0 bridgehead atoms. The third kappa shape index (κ3) is 2.28. The first kappa shape index (κ1) is 12.7. The first-order valence-corrected chi connectivity index (χ1v) is 5.36. The number of phenolic OH excluding ortho intramolecular Hbond substituents is 1. The van der Waals surface area contributed by atoms with Gasteiger partial charge in [-0.05, 0) is 18.2 Å². The molecule has 3 N–H and O–H groups in total. The minimum Gasteiger partial charge on any atom is -0.508 e. The highest BCUT2D eigenvalue weighted by molar-refractivity contribution is 6.38. The van der Waals surface area contributed by atoms with Gasteiger partial charge in [-0.2, -0.15) is 0 Å². The summed E-state index contributed by atoms with van der Waals surface area (Å²) in [4.78, 5) is 21.5. The van der Waals surface area contributed by atoms with Crippen molar-refractivity contribution in [1.29, 1.82) is 0 Å². The van der Waals surface area contributed by atoms with Crippen LogP contribution in [0.3, 0.4) is 0 Å². The summed E-state index contributed by atoms with van der Waals surface area (Å²) in [7, 11) is 1.73. The predicted octanol–water partition coefficient (Wildman–Crippen LogP) is 1.44. The Hall–Kier alpha value is -2.76. The van der Waals surface area contributed by atoms with Gasteiger partial charge in [0.25, 0.3) is 5.78 Å². The lowest BCUT2D eigenvalue weighted by Crippen LogP contribution is -2.09. The molecule has 0 unspecified atom stereocenters. The maximum absolute atomic E-state index is 11.0. The van der Waals surface area contributed by atoms with Gasteiger partial charge in [0, 0.05) is 35.8 Å². The Balaban J connectivity index is 2.60. The summed E-state index contributed by atoms with van der Waals surface area (Å²) in [5.41, 5.74) is 1.01. The van der Waals surface area contributed by atoms with Crippen molar-refractivity contribution in [3.63, 3.8) is 0 Å². The molecule has 0 aliphatic carbocycles. The van der Waals surface area contributed by atoms with Crippen molar-refractivity contribution in [2.75, 3.05) is 0 Å². The highest BCUT2D eigenvalue weighted by Gasteiger charge is 2.14. The Labute approximate surface area is 107 Å². The molecule has 0 saturated carbocycles. The lowest BCUT2D eigenvalue weighted by Gasteiger charge is -1.98. The van der Waals surface area contributed by atoms with Crippen LogP contribution in [-0.2, 0) is 16.6 Å². The highest BCUT2D eigenvalue weighted by Crippen LogP contribution is 2.28. The van der Waals surface area contributed by atoms with E-state index in [1.165, 1.54) is 12.1 Å². The van der Waals surface area contributed by atoms with Crippen LogP contribution in [0.15, 0.2) is 30.5 Å². The molecule has 0 aliphatic rings. The number of fused-ring (bicyclic) bond motifs is 1. The van der Waals surface area contributed by atoms with E-state index in [1.807, 2.05) is 0 Å². The van der Waals surface area contributed by atoms with Crippen LogP contribution in [0.25, 0.3) is 16.7 Å². The molecule has 6 nitrogen and oxygen atoms in total. The molecule has 1 heterocycles. The van der Waals surface area contributed by atoms with Crippen LogP contribution in [0.4, 0.5) is 0 Å². The zero-order chi connectivity index (χ0) is 14.2. The molecule has 2 aromatic rings. The van der Waals surface area contributed by atoms with E-state index in [0.717, 1.165) is 5.52 Å². The summed E-state index contributed by atoms with van der Waals surface area (Å²) in [5, 5.41) is 28.3. The number of hydrogen-bond acceptors (Lipinski definition) is 4. The highest BCUT2D eigenvalue weighted by atomic mass is 16.4. The van der Waals surface area contributed by atoms with Gasteiger partial charge in [-0.1, -0.05) is 0 Å². The van der Waals surface area contributed by atoms with E-state index in [2.05, 4.69) is 0 Å². The lowest BCUT2D eigenvalue weighted by molar-refractivity contribution is -0.146. The van der Waals surface area contributed by atoms with E-state index in [9.17, 15) is 19.8 Å². The van der Waals surface area contributed by atoms with Crippen molar-refractivity contribution < 1.29 is 24.9 Å². The van der Waals surface area contributed by atoms with E-state index >= 15 is 0 Å². The predicted molar refractivity (Wildman–Crippen MR) is 67.8 cm³/mol. The molecule has 0 aliphatic heterocycles. The van der Waals surface area contributed by atoms with E-state index in [-0.39, 0.29) is 11.3 Å². The van der Waals surface area contributed by atoms with Gasteiger partial charge >= 0.3 is 5.97 Å². The van der Waals surface area contributed by atoms with Crippen molar-refractivity contribution in [3.8, 4) is 5.75 Å². The van der Waals surface area contributed by atoms with Crippen LogP contribution in [-0.4, -0.2) is 31.6 Å². The van der Waals surface area contributed by atoms with Gasteiger partial charge in [-0.25, -0.2) is 4.79 Å².